The molecule has 1 aromatic rings. The van der Waals surface area contributed by atoms with Gasteiger partial charge in [0.15, 0.2) is 6.26 Å². The maximum atomic E-state index is 4.82. The zero-order valence-corrected chi connectivity index (χ0v) is 6.39. The van der Waals surface area contributed by atoms with E-state index in [2.05, 4.69) is 13.2 Å². The van der Waals surface area contributed by atoms with Crippen LogP contribution >= 0.6 is 0 Å². The summed E-state index contributed by atoms with van der Waals surface area (Å²) in [6.07, 6.45) is 9.45. The lowest BCUT2D eigenvalue weighted by molar-refractivity contribution is 0.553. The molecule has 0 amide bonds. The minimum Gasteiger partial charge on any atom is -0.461 e. The van der Waals surface area contributed by atoms with Crippen molar-refractivity contribution >= 4 is 0 Å². The Labute approximate surface area is 62.1 Å². The molecular formula is C9H13O. The van der Waals surface area contributed by atoms with Gasteiger partial charge in [-0.25, -0.2) is 0 Å². The van der Waals surface area contributed by atoms with Gasteiger partial charge in [0.1, 0.15) is 0 Å². The van der Waals surface area contributed by atoms with E-state index in [0.29, 0.717) is 0 Å². The maximum Gasteiger partial charge on any atom is 0.169 e. The normalized spacial score (nSPS) is 10.1. The Balaban J connectivity index is 2.15. The Morgan fingerprint density at radius 3 is 3.00 bits per heavy atom. The zero-order valence-electron chi connectivity index (χ0n) is 6.39. The highest BCUT2D eigenvalue weighted by Crippen LogP contribution is 2.05. The smallest absolute Gasteiger partial charge is 0.169 e. The third-order valence-electron chi connectivity index (χ3n) is 1.59. The summed E-state index contributed by atoms with van der Waals surface area (Å²) in [7, 11) is 0. The standard InChI is InChI=1S/C9H13O/c1-2-3-4-5-9-6-7-10-8-9/h6,8H,2-5H2,1H3. The van der Waals surface area contributed by atoms with Crippen molar-refractivity contribution < 1.29 is 4.42 Å². The van der Waals surface area contributed by atoms with Gasteiger partial charge in [0.2, 0.25) is 0 Å². The van der Waals surface area contributed by atoms with Crippen LogP contribution in [0.5, 0.6) is 0 Å². The molecule has 0 saturated heterocycles. The van der Waals surface area contributed by atoms with E-state index in [1.165, 1.54) is 24.8 Å². The predicted octanol–water partition coefficient (Wildman–Crippen LogP) is 2.81. The monoisotopic (exact) mass is 137 g/mol. The van der Waals surface area contributed by atoms with Crippen LogP contribution in [-0.4, -0.2) is 0 Å². The summed E-state index contributed by atoms with van der Waals surface area (Å²) in [5, 5.41) is 0. The molecule has 1 heterocycles. The Bertz CT molecular complexity index is 153. The van der Waals surface area contributed by atoms with Crippen molar-refractivity contribution in [3.05, 3.63) is 24.2 Å². The van der Waals surface area contributed by atoms with E-state index in [9.17, 15) is 0 Å². The molecule has 0 aliphatic rings. The Kier molecular flexibility index (Phi) is 3.07. The van der Waals surface area contributed by atoms with Gasteiger partial charge in [-0.1, -0.05) is 19.8 Å². The molecule has 0 bridgehead atoms. The second kappa shape index (κ2) is 4.15. The number of rotatable bonds is 4. The Hall–Kier alpha value is -0.720. The number of aryl methyl sites for hydroxylation is 1. The van der Waals surface area contributed by atoms with Crippen molar-refractivity contribution in [1.82, 2.24) is 0 Å². The van der Waals surface area contributed by atoms with Crippen molar-refractivity contribution in [1.29, 1.82) is 0 Å². The second-order valence-corrected chi connectivity index (χ2v) is 2.53. The predicted molar refractivity (Wildman–Crippen MR) is 40.8 cm³/mol. The fourth-order valence-corrected chi connectivity index (χ4v) is 0.964. The van der Waals surface area contributed by atoms with E-state index >= 15 is 0 Å². The van der Waals surface area contributed by atoms with Crippen LogP contribution in [0.1, 0.15) is 31.7 Å². The molecular weight excluding hydrogens is 124 g/mol. The highest BCUT2D eigenvalue weighted by molar-refractivity contribution is 5.03. The van der Waals surface area contributed by atoms with Gasteiger partial charge in [-0.2, -0.15) is 0 Å². The maximum absolute atomic E-state index is 4.82. The van der Waals surface area contributed by atoms with Crippen LogP contribution in [0.4, 0.5) is 0 Å². The van der Waals surface area contributed by atoms with Gasteiger partial charge in [-0.3, -0.25) is 0 Å². The molecule has 0 unspecified atom stereocenters. The Morgan fingerprint density at radius 1 is 1.50 bits per heavy atom. The SMILES string of the molecule is CCCCCc1c[c]oc1. The van der Waals surface area contributed by atoms with Gasteiger partial charge in [0.05, 0.1) is 6.26 Å². The summed E-state index contributed by atoms with van der Waals surface area (Å²) < 4.78 is 4.82. The van der Waals surface area contributed by atoms with E-state index in [-0.39, 0.29) is 0 Å². The first-order valence-electron chi connectivity index (χ1n) is 3.87. The number of hydrogen-bond donors (Lipinski definition) is 0. The van der Waals surface area contributed by atoms with Gasteiger partial charge in [-0.05, 0) is 24.5 Å². The zero-order chi connectivity index (χ0) is 7.23. The summed E-state index contributed by atoms with van der Waals surface area (Å²) in [4.78, 5) is 0. The van der Waals surface area contributed by atoms with Crippen LogP contribution in [0.15, 0.2) is 16.7 Å². The average molecular weight is 137 g/mol. The molecule has 10 heavy (non-hydrogen) atoms. The molecule has 1 radical (unpaired) electrons. The molecule has 0 N–H and O–H groups in total. The first-order valence-corrected chi connectivity index (χ1v) is 3.87. The van der Waals surface area contributed by atoms with E-state index in [4.69, 9.17) is 4.42 Å². The number of furan rings is 1. The van der Waals surface area contributed by atoms with Crippen molar-refractivity contribution in [3.63, 3.8) is 0 Å². The van der Waals surface area contributed by atoms with Crippen LogP contribution in [-0.2, 0) is 6.42 Å². The molecule has 1 aromatic heterocycles. The molecule has 0 saturated carbocycles. The molecule has 0 aliphatic carbocycles. The van der Waals surface area contributed by atoms with Crippen LogP contribution in [0.25, 0.3) is 0 Å². The van der Waals surface area contributed by atoms with Crippen LogP contribution < -0.4 is 0 Å². The minimum atomic E-state index is 1.14. The minimum absolute atomic E-state index is 1.14. The van der Waals surface area contributed by atoms with Crippen molar-refractivity contribution in [2.45, 2.75) is 32.6 Å². The first-order chi connectivity index (χ1) is 4.93. The fourth-order valence-electron chi connectivity index (χ4n) is 0.964. The lowest BCUT2D eigenvalue weighted by atomic mass is 10.1. The summed E-state index contributed by atoms with van der Waals surface area (Å²) in [5.74, 6) is 0. The molecule has 0 atom stereocenters. The topological polar surface area (TPSA) is 13.1 Å². The summed E-state index contributed by atoms with van der Waals surface area (Å²) in [6.45, 7) is 2.21. The summed E-state index contributed by atoms with van der Waals surface area (Å²) >= 11 is 0. The molecule has 1 nitrogen and oxygen atoms in total. The van der Waals surface area contributed by atoms with Gasteiger partial charge in [0.25, 0.3) is 0 Å². The van der Waals surface area contributed by atoms with Crippen LogP contribution in [0.3, 0.4) is 0 Å². The molecule has 0 aromatic carbocycles. The highest BCUT2D eigenvalue weighted by Gasteiger charge is 1.92. The number of hydrogen-bond acceptors (Lipinski definition) is 1. The van der Waals surface area contributed by atoms with Gasteiger partial charge in [0, 0.05) is 0 Å². The van der Waals surface area contributed by atoms with E-state index in [1.807, 2.05) is 6.07 Å². The average Bonchev–Trinajstić information content (AvgIpc) is 2.41. The van der Waals surface area contributed by atoms with Crippen molar-refractivity contribution in [2.24, 2.45) is 0 Å². The molecule has 0 spiro atoms. The largest absolute Gasteiger partial charge is 0.461 e. The third kappa shape index (κ3) is 2.26. The van der Waals surface area contributed by atoms with Crippen LogP contribution in [0, 0.1) is 6.26 Å². The van der Waals surface area contributed by atoms with Gasteiger partial charge < -0.3 is 4.42 Å². The lowest BCUT2D eigenvalue weighted by Crippen LogP contribution is -1.80. The third-order valence-corrected chi connectivity index (χ3v) is 1.59. The van der Waals surface area contributed by atoms with E-state index in [0.717, 1.165) is 6.42 Å². The van der Waals surface area contributed by atoms with Crippen molar-refractivity contribution in [3.8, 4) is 0 Å². The molecule has 1 rings (SSSR count). The summed E-state index contributed by atoms with van der Waals surface area (Å²) in [6, 6.07) is 1.91. The fraction of sp³-hybridized carbons (Fsp3) is 0.556. The number of unbranched alkanes of at least 4 members (excludes halogenated alkanes) is 2. The second-order valence-electron chi connectivity index (χ2n) is 2.53. The van der Waals surface area contributed by atoms with Crippen molar-refractivity contribution in [2.75, 3.05) is 0 Å². The highest BCUT2D eigenvalue weighted by atomic mass is 16.3. The quantitative estimate of drug-likeness (QED) is 0.581. The summed E-state index contributed by atoms with van der Waals surface area (Å²) in [5.41, 5.74) is 1.27. The van der Waals surface area contributed by atoms with E-state index < -0.39 is 0 Å². The van der Waals surface area contributed by atoms with E-state index in [1.54, 1.807) is 6.26 Å². The van der Waals surface area contributed by atoms with Gasteiger partial charge >= 0.3 is 0 Å². The Morgan fingerprint density at radius 2 is 2.40 bits per heavy atom. The van der Waals surface area contributed by atoms with Crippen LogP contribution in [0.2, 0.25) is 0 Å². The lowest BCUT2D eigenvalue weighted by Gasteiger charge is -1.92. The first kappa shape index (κ1) is 7.39. The van der Waals surface area contributed by atoms with Gasteiger partial charge in [-0.15, -0.1) is 0 Å². The molecule has 55 valence electrons. The molecule has 0 fully saturated rings. The molecule has 1 heteroatoms. The molecule has 0 aliphatic heterocycles.